The van der Waals surface area contributed by atoms with Crippen LogP contribution in [0.5, 0.6) is 0 Å². The van der Waals surface area contributed by atoms with Crippen LogP contribution >= 0.6 is 0 Å². The molecule has 290 valence electrons. The number of aliphatic hydroxyl groups excluding tert-OH is 1. The first-order valence-electron chi connectivity index (χ1n) is 18.8. The summed E-state index contributed by atoms with van der Waals surface area (Å²) in [5.41, 5.74) is -4.60. The highest BCUT2D eigenvalue weighted by molar-refractivity contribution is 5.98. The molecule has 0 radical (unpaired) electrons. The number of ketones is 2. The monoisotopic (exact) mass is 742 g/mol. The third kappa shape index (κ3) is 5.52. The van der Waals surface area contributed by atoms with Crippen molar-refractivity contribution in [2.24, 2.45) is 57.2 Å². The first kappa shape index (κ1) is 39.4. The molecule has 0 amide bonds. The lowest BCUT2D eigenvalue weighted by molar-refractivity contribution is -0.276. The molecule has 0 heterocycles. The molecule has 0 saturated heterocycles. The predicted molar refractivity (Wildman–Crippen MR) is 189 cm³/mol. The SMILES string of the molecule is C=C(C(=O)[C@H](O)[C@@H](C)[C@H]1[C@@H](OC(C)=O)C[C@@]2(C)[C@@H]3CC[C@H]4[C@H](C)C(=O)C=C[C@@]45C[C@@]35CC[C@]12C)[C@@H](C)COC(=O)[C@](OC)(c1ccccc1)C(F)(F)F. The number of fused-ring (bicyclic) bond motifs is 2. The highest BCUT2D eigenvalue weighted by Gasteiger charge is 2.81. The molecule has 11 heteroatoms. The molecule has 1 aromatic carbocycles. The number of benzene rings is 1. The number of Topliss-reactive ketones (excluding diaryl/α,β-unsaturated/α-hetero) is 1. The summed E-state index contributed by atoms with van der Waals surface area (Å²) in [6.07, 6.45) is 1.96. The minimum absolute atomic E-state index is 0.00879. The summed E-state index contributed by atoms with van der Waals surface area (Å²) in [6.45, 7) is 14.5. The van der Waals surface area contributed by atoms with Crippen molar-refractivity contribution in [1.82, 2.24) is 0 Å². The first-order valence-corrected chi connectivity index (χ1v) is 18.8. The van der Waals surface area contributed by atoms with Crippen molar-refractivity contribution >= 4 is 23.5 Å². The summed E-state index contributed by atoms with van der Waals surface area (Å²) in [5.74, 6) is -4.04. The molecule has 5 aliphatic rings. The van der Waals surface area contributed by atoms with Crippen LogP contribution in [-0.4, -0.2) is 60.7 Å². The summed E-state index contributed by atoms with van der Waals surface area (Å²) in [7, 11) is 0.776. The number of hydrogen-bond acceptors (Lipinski definition) is 8. The largest absolute Gasteiger partial charge is 0.462 e. The number of esters is 2. The fraction of sp³-hybridized carbons (Fsp3) is 0.667. The molecule has 0 unspecified atom stereocenters. The predicted octanol–water partition coefficient (Wildman–Crippen LogP) is 7.33. The number of carbonyl (C=O) groups is 4. The molecule has 6 rings (SSSR count). The molecular weight excluding hydrogens is 689 g/mol. The van der Waals surface area contributed by atoms with E-state index in [0.717, 1.165) is 51.3 Å². The Morgan fingerprint density at radius 2 is 1.72 bits per heavy atom. The Hall–Kier alpha value is -3.31. The summed E-state index contributed by atoms with van der Waals surface area (Å²) < 4.78 is 59.2. The van der Waals surface area contributed by atoms with E-state index in [0.29, 0.717) is 18.3 Å². The van der Waals surface area contributed by atoms with Gasteiger partial charge in [-0.15, -0.1) is 0 Å². The van der Waals surface area contributed by atoms with E-state index < -0.39 is 71.1 Å². The van der Waals surface area contributed by atoms with Crippen molar-refractivity contribution < 1.29 is 51.7 Å². The van der Waals surface area contributed by atoms with Gasteiger partial charge in [-0.05, 0) is 89.6 Å². The molecule has 4 fully saturated rings. The molecule has 13 atom stereocenters. The van der Waals surface area contributed by atoms with Gasteiger partial charge in [-0.25, -0.2) is 4.79 Å². The van der Waals surface area contributed by atoms with Gasteiger partial charge in [0.15, 0.2) is 11.6 Å². The number of allylic oxidation sites excluding steroid dienone is 2. The third-order valence-electron chi connectivity index (χ3n) is 15.2. The lowest BCUT2D eigenvalue weighted by atomic mass is 9.43. The molecule has 1 N–H and O–H groups in total. The van der Waals surface area contributed by atoms with Crippen LogP contribution in [0.4, 0.5) is 13.2 Å². The van der Waals surface area contributed by atoms with E-state index in [-0.39, 0.29) is 39.4 Å². The van der Waals surface area contributed by atoms with E-state index in [1.807, 2.05) is 0 Å². The lowest BCUT2D eigenvalue weighted by Crippen LogP contribution is -2.56. The van der Waals surface area contributed by atoms with Crippen molar-refractivity contribution in [3.05, 3.63) is 60.2 Å². The van der Waals surface area contributed by atoms with Crippen molar-refractivity contribution in [3.63, 3.8) is 0 Å². The molecule has 8 nitrogen and oxygen atoms in total. The molecular formula is C42H53F3O8. The molecule has 0 aromatic heterocycles. The van der Waals surface area contributed by atoms with Crippen molar-refractivity contribution in [2.45, 2.75) is 104 Å². The van der Waals surface area contributed by atoms with E-state index in [1.54, 1.807) is 13.0 Å². The number of ether oxygens (including phenoxy) is 3. The number of hydrogen-bond donors (Lipinski definition) is 1. The number of methoxy groups -OCH3 is 1. The molecule has 0 bridgehead atoms. The van der Waals surface area contributed by atoms with Crippen LogP contribution in [0.3, 0.4) is 0 Å². The standard InChI is InChI=1S/C42H53F3O8/c1-23(21-52-36(50)41(51-8,42(43,44)45)28-12-10-9-11-13-28)24(2)34(48)35(49)26(4)33-31(53-27(5)46)20-38(7)32-15-14-29-25(3)30(47)16-17-39(29)22-40(32,39)19-18-37(33,38)6/h9-13,16-17,23,25-26,29,31-33,35,49H,2,14-15,18-22H2,1,3-8H3/t23-,25-,26-,29-,31-,32-,33-,35+,37+,38-,39+,40-,41+/m0/s1. The summed E-state index contributed by atoms with van der Waals surface area (Å²) in [6, 6.07) is 6.45. The number of alkyl halides is 3. The van der Waals surface area contributed by atoms with Gasteiger partial charge in [0.1, 0.15) is 12.2 Å². The second kappa shape index (κ2) is 13.2. The molecule has 5 aliphatic carbocycles. The Morgan fingerprint density at radius 3 is 2.32 bits per heavy atom. The number of carbonyl (C=O) groups excluding carboxylic acids is 4. The Morgan fingerprint density at radius 1 is 1.06 bits per heavy atom. The Balaban J connectivity index is 1.20. The number of aliphatic hydroxyl groups is 1. The van der Waals surface area contributed by atoms with Crippen LogP contribution in [-0.2, 0) is 39.0 Å². The van der Waals surface area contributed by atoms with Gasteiger partial charge >= 0.3 is 18.1 Å². The molecule has 4 saturated carbocycles. The summed E-state index contributed by atoms with van der Waals surface area (Å²) >= 11 is 0. The number of halogens is 3. The van der Waals surface area contributed by atoms with Crippen LogP contribution < -0.4 is 0 Å². The second-order valence-corrected chi connectivity index (χ2v) is 17.3. The Bertz CT molecular complexity index is 1710. The van der Waals surface area contributed by atoms with E-state index in [1.165, 1.54) is 32.0 Å². The highest BCUT2D eigenvalue weighted by Crippen LogP contribution is 2.87. The first-order chi connectivity index (χ1) is 24.7. The minimum atomic E-state index is -5.16. The van der Waals surface area contributed by atoms with Gasteiger partial charge in [0.25, 0.3) is 5.60 Å². The smallest absolute Gasteiger partial charge is 0.432 e. The van der Waals surface area contributed by atoms with E-state index in [2.05, 4.69) is 33.4 Å². The number of rotatable bonds is 11. The van der Waals surface area contributed by atoms with E-state index in [9.17, 15) is 37.5 Å². The normalized spacial score (nSPS) is 38.5. The summed E-state index contributed by atoms with van der Waals surface area (Å²) in [5, 5.41) is 11.7. The zero-order chi connectivity index (χ0) is 39.1. The average molecular weight is 743 g/mol. The molecule has 1 aromatic rings. The van der Waals surface area contributed by atoms with Crippen molar-refractivity contribution in [1.29, 1.82) is 0 Å². The molecule has 0 aliphatic heterocycles. The van der Waals surface area contributed by atoms with Gasteiger partial charge in [0.05, 0.1) is 6.61 Å². The maximum atomic E-state index is 14.4. The van der Waals surface area contributed by atoms with Gasteiger partial charge in [-0.2, -0.15) is 13.2 Å². The maximum Gasteiger partial charge on any atom is 0.432 e. The minimum Gasteiger partial charge on any atom is -0.462 e. The van der Waals surface area contributed by atoms with Crippen LogP contribution in [0, 0.1) is 57.2 Å². The van der Waals surface area contributed by atoms with Gasteiger partial charge in [0.2, 0.25) is 0 Å². The zero-order valence-corrected chi connectivity index (χ0v) is 31.8. The fourth-order valence-corrected chi connectivity index (χ4v) is 12.3. The Labute approximate surface area is 309 Å². The van der Waals surface area contributed by atoms with Crippen LogP contribution in [0.15, 0.2) is 54.6 Å². The topological polar surface area (TPSA) is 116 Å². The van der Waals surface area contributed by atoms with Crippen LogP contribution in [0.1, 0.15) is 85.6 Å². The van der Waals surface area contributed by atoms with Crippen molar-refractivity contribution in [3.8, 4) is 0 Å². The lowest BCUT2D eigenvalue weighted by Gasteiger charge is -2.61. The van der Waals surface area contributed by atoms with Crippen LogP contribution in [0.25, 0.3) is 0 Å². The maximum absolute atomic E-state index is 14.4. The van der Waals surface area contributed by atoms with Gasteiger partial charge in [-0.3, -0.25) is 14.4 Å². The van der Waals surface area contributed by atoms with E-state index >= 15 is 0 Å². The van der Waals surface area contributed by atoms with Crippen molar-refractivity contribution in [2.75, 3.05) is 13.7 Å². The average Bonchev–Trinajstić information content (AvgIpc) is 3.71. The van der Waals surface area contributed by atoms with Crippen LogP contribution in [0.2, 0.25) is 0 Å². The Kier molecular flexibility index (Phi) is 9.79. The van der Waals surface area contributed by atoms with Gasteiger partial charge < -0.3 is 19.3 Å². The third-order valence-corrected chi connectivity index (χ3v) is 15.2. The van der Waals surface area contributed by atoms with Gasteiger partial charge in [0, 0.05) is 37.4 Å². The quantitative estimate of drug-likeness (QED) is 0.185. The zero-order valence-electron chi connectivity index (χ0n) is 31.8. The fourth-order valence-electron chi connectivity index (χ4n) is 12.3. The summed E-state index contributed by atoms with van der Waals surface area (Å²) in [4.78, 5) is 52.2. The molecule has 53 heavy (non-hydrogen) atoms. The highest BCUT2D eigenvalue weighted by atomic mass is 19.4. The second-order valence-electron chi connectivity index (χ2n) is 17.3. The molecule has 2 spiro atoms. The van der Waals surface area contributed by atoms with E-state index in [4.69, 9.17) is 14.2 Å². The van der Waals surface area contributed by atoms with Gasteiger partial charge in [-0.1, -0.05) is 77.6 Å².